The summed E-state index contributed by atoms with van der Waals surface area (Å²) in [4.78, 5) is 0. The molecule has 4 heteroatoms. The van der Waals surface area contributed by atoms with Crippen molar-refractivity contribution in [2.75, 3.05) is 13.1 Å². The van der Waals surface area contributed by atoms with E-state index in [4.69, 9.17) is 11.6 Å². The summed E-state index contributed by atoms with van der Waals surface area (Å²) < 4.78 is 1.97. The molecule has 0 saturated heterocycles. The van der Waals surface area contributed by atoms with Gasteiger partial charge < -0.3 is 5.32 Å². The third kappa shape index (κ3) is 3.66. The average Bonchev–Trinajstić information content (AvgIpc) is 2.73. The Balaban J connectivity index is 2.28. The maximum absolute atomic E-state index is 6.30. The lowest BCUT2D eigenvalue weighted by molar-refractivity contribution is 0.519. The molecule has 0 aliphatic carbocycles. The van der Waals surface area contributed by atoms with E-state index in [-0.39, 0.29) is 0 Å². The summed E-state index contributed by atoms with van der Waals surface area (Å²) in [6, 6.07) is 7.84. The molecule has 1 N–H and O–H groups in total. The van der Waals surface area contributed by atoms with Gasteiger partial charge in [-0.3, -0.25) is 0 Å². The van der Waals surface area contributed by atoms with Crippen LogP contribution in [0.5, 0.6) is 0 Å². The van der Waals surface area contributed by atoms with Crippen molar-refractivity contribution in [1.29, 1.82) is 0 Å². The number of halogens is 1. The smallest absolute Gasteiger partial charge is 0.0835 e. The van der Waals surface area contributed by atoms with Gasteiger partial charge in [0.05, 0.1) is 16.4 Å². The maximum atomic E-state index is 6.30. The molecule has 114 valence electrons. The fourth-order valence-corrected chi connectivity index (χ4v) is 2.86. The van der Waals surface area contributed by atoms with Crippen LogP contribution in [0, 0.1) is 19.8 Å². The van der Waals surface area contributed by atoms with Crippen LogP contribution in [0.15, 0.2) is 24.3 Å². The number of nitrogens with one attached hydrogen (secondary N) is 1. The highest BCUT2D eigenvalue weighted by atomic mass is 35.5. The van der Waals surface area contributed by atoms with Crippen LogP contribution in [0.3, 0.4) is 0 Å². The average molecular weight is 306 g/mol. The summed E-state index contributed by atoms with van der Waals surface area (Å²) in [5.74, 6) is 0.589. The SMILES string of the molecule is CCNCC(C)Cc1c(C)nn(-c2ccccc2Cl)c1C. The van der Waals surface area contributed by atoms with E-state index >= 15 is 0 Å². The third-order valence-electron chi connectivity index (χ3n) is 3.82. The van der Waals surface area contributed by atoms with Crippen molar-refractivity contribution >= 4 is 11.6 Å². The van der Waals surface area contributed by atoms with Gasteiger partial charge in [-0.05, 0) is 57.0 Å². The summed E-state index contributed by atoms with van der Waals surface area (Å²) >= 11 is 6.30. The Kier molecular flexibility index (Phi) is 5.43. The van der Waals surface area contributed by atoms with E-state index in [1.165, 1.54) is 11.3 Å². The number of aryl methyl sites for hydroxylation is 1. The minimum atomic E-state index is 0.589. The van der Waals surface area contributed by atoms with E-state index in [9.17, 15) is 0 Å². The third-order valence-corrected chi connectivity index (χ3v) is 4.14. The molecule has 0 saturated carbocycles. The standard InChI is InChI=1S/C17H24ClN3/c1-5-19-11-12(2)10-15-13(3)20-21(14(15)4)17-9-7-6-8-16(17)18/h6-9,12,19H,5,10-11H2,1-4H3. The van der Waals surface area contributed by atoms with E-state index in [0.717, 1.165) is 35.9 Å². The number of rotatable bonds is 6. The van der Waals surface area contributed by atoms with E-state index in [2.05, 4.69) is 38.1 Å². The van der Waals surface area contributed by atoms with Crippen LogP contribution in [-0.2, 0) is 6.42 Å². The maximum Gasteiger partial charge on any atom is 0.0835 e. The first kappa shape index (κ1) is 16.1. The van der Waals surface area contributed by atoms with Gasteiger partial charge in [-0.2, -0.15) is 5.10 Å². The fourth-order valence-electron chi connectivity index (χ4n) is 2.64. The second kappa shape index (κ2) is 7.10. The molecule has 0 aliphatic rings. The highest BCUT2D eigenvalue weighted by molar-refractivity contribution is 6.32. The zero-order valence-corrected chi connectivity index (χ0v) is 14.0. The Morgan fingerprint density at radius 3 is 2.67 bits per heavy atom. The van der Waals surface area contributed by atoms with Gasteiger partial charge in [0.15, 0.2) is 0 Å². The van der Waals surface area contributed by atoms with Gasteiger partial charge in [0.1, 0.15) is 0 Å². The van der Waals surface area contributed by atoms with Gasteiger partial charge in [-0.15, -0.1) is 0 Å². The van der Waals surface area contributed by atoms with Crippen LogP contribution in [0.2, 0.25) is 5.02 Å². The van der Waals surface area contributed by atoms with Gasteiger partial charge in [0.2, 0.25) is 0 Å². The predicted octanol–water partition coefficient (Wildman–Crippen LogP) is 3.93. The predicted molar refractivity (Wildman–Crippen MR) is 89.5 cm³/mol. The van der Waals surface area contributed by atoms with Crippen molar-refractivity contribution in [3.8, 4) is 5.69 Å². The largest absolute Gasteiger partial charge is 0.317 e. The molecule has 2 rings (SSSR count). The number of nitrogens with zero attached hydrogens (tertiary/aromatic N) is 2. The van der Waals surface area contributed by atoms with E-state index < -0.39 is 0 Å². The Labute approximate surface area is 132 Å². The summed E-state index contributed by atoms with van der Waals surface area (Å²) in [6.45, 7) is 10.7. The van der Waals surface area contributed by atoms with Crippen molar-refractivity contribution < 1.29 is 0 Å². The van der Waals surface area contributed by atoms with Crippen molar-refractivity contribution in [2.24, 2.45) is 5.92 Å². The molecule has 0 bridgehead atoms. The lowest BCUT2D eigenvalue weighted by Gasteiger charge is -2.12. The molecule has 3 nitrogen and oxygen atoms in total. The van der Waals surface area contributed by atoms with E-state index in [1.807, 2.05) is 28.9 Å². The van der Waals surface area contributed by atoms with Crippen LogP contribution >= 0.6 is 11.6 Å². The number of para-hydroxylation sites is 1. The zero-order valence-electron chi connectivity index (χ0n) is 13.3. The molecule has 1 unspecified atom stereocenters. The zero-order chi connectivity index (χ0) is 15.4. The second-order valence-corrected chi connectivity index (χ2v) is 6.04. The van der Waals surface area contributed by atoms with Gasteiger partial charge >= 0.3 is 0 Å². The van der Waals surface area contributed by atoms with Crippen LogP contribution in [-0.4, -0.2) is 22.9 Å². The molecule has 21 heavy (non-hydrogen) atoms. The molecule has 0 spiro atoms. The molecule has 1 aromatic heterocycles. The van der Waals surface area contributed by atoms with Gasteiger partial charge in [0, 0.05) is 5.69 Å². The molecule has 0 amide bonds. The van der Waals surface area contributed by atoms with Crippen LogP contribution in [0.1, 0.15) is 30.8 Å². The van der Waals surface area contributed by atoms with Gasteiger partial charge in [0.25, 0.3) is 0 Å². The first-order valence-electron chi connectivity index (χ1n) is 7.55. The molecule has 1 heterocycles. The summed E-state index contributed by atoms with van der Waals surface area (Å²) in [5.41, 5.74) is 4.56. The van der Waals surface area contributed by atoms with Crippen molar-refractivity contribution in [2.45, 2.75) is 34.1 Å². The minimum absolute atomic E-state index is 0.589. The van der Waals surface area contributed by atoms with Crippen molar-refractivity contribution in [3.63, 3.8) is 0 Å². The summed E-state index contributed by atoms with van der Waals surface area (Å²) in [6.07, 6.45) is 1.04. The quantitative estimate of drug-likeness (QED) is 0.876. The lowest BCUT2D eigenvalue weighted by Crippen LogP contribution is -2.22. The molecule has 2 aromatic rings. The fraction of sp³-hybridized carbons (Fsp3) is 0.471. The van der Waals surface area contributed by atoms with Crippen LogP contribution in [0.4, 0.5) is 0 Å². The Bertz CT molecular complexity index is 604. The molecular formula is C17H24ClN3. The molecule has 0 radical (unpaired) electrons. The van der Waals surface area contributed by atoms with Crippen LogP contribution < -0.4 is 5.32 Å². The molecular weight excluding hydrogens is 282 g/mol. The number of aromatic nitrogens is 2. The Morgan fingerprint density at radius 1 is 1.29 bits per heavy atom. The molecule has 1 aromatic carbocycles. The lowest BCUT2D eigenvalue weighted by atomic mass is 9.99. The normalized spacial score (nSPS) is 12.6. The van der Waals surface area contributed by atoms with Crippen molar-refractivity contribution in [3.05, 3.63) is 46.2 Å². The Morgan fingerprint density at radius 2 is 2.00 bits per heavy atom. The molecule has 1 atom stereocenters. The summed E-state index contributed by atoms with van der Waals surface area (Å²) in [7, 11) is 0. The van der Waals surface area contributed by atoms with E-state index in [1.54, 1.807) is 0 Å². The van der Waals surface area contributed by atoms with Crippen molar-refractivity contribution in [1.82, 2.24) is 15.1 Å². The first-order valence-corrected chi connectivity index (χ1v) is 7.93. The first-order chi connectivity index (χ1) is 10.0. The van der Waals surface area contributed by atoms with Crippen LogP contribution in [0.25, 0.3) is 5.69 Å². The topological polar surface area (TPSA) is 29.9 Å². The summed E-state index contributed by atoms with van der Waals surface area (Å²) in [5, 5.41) is 8.82. The monoisotopic (exact) mass is 305 g/mol. The second-order valence-electron chi connectivity index (χ2n) is 5.63. The minimum Gasteiger partial charge on any atom is -0.317 e. The molecule has 0 aliphatic heterocycles. The number of hydrogen-bond donors (Lipinski definition) is 1. The van der Waals surface area contributed by atoms with Gasteiger partial charge in [-0.1, -0.05) is 37.6 Å². The Hall–Kier alpha value is -1.32. The highest BCUT2D eigenvalue weighted by Crippen LogP contribution is 2.25. The van der Waals surface area contributed by atoms with E-state index in [0.29, 0.717) is 5.92 Å². The van der Waals surface area contributed by atoms with Gasteiger partial charge in [-0.25, -0.2) is 4.68 Å². The molecule has 0 fully saturated rings. The number of benzene rings is 1. The highest BCUT2D eigenvalue weighted by Gasteiger charge is 2.16. The number of hydrogen-bond acceptors (Lipinski definition) is 2.